The molecule has 0 saturated heterocycles. The fourth-order valence-corrected chi connectivity index (χ4v) is 9.52. The van der Waals surface area contributed by atoms with Crippen LogP contribution < -0.4 is 10.4 Å². The molecule has 0 fully saturated rings. The van der Waals surface area contributed by atoms with Gasteiger partial charge in [0.15, 0.2) is 0 Å². The quantitative estimate of drug-likeness (QED) is 0.235. The smallest absolute Gasteiger partial charge is 0.261 e. The summed E-state index contributed by atoms with van der Waals surface area (Å²) in [5.74, 6) is 0. The minimum absolute atomic E-state index is 0.0109. The Morgan fingerprint density at radius 3 is 1.81 bits per heavy atom. The van der Waals surface area contributed by atoms with E-state index in [0.29, 0.717) is 19.4 Å². The number of benzene rings is 3. The molecule has 192 valence electrons. The van der Waals surface area contributed by atoms with Crippen molar-refractivity contribution < 1.29 is 14.3 Å². The largest absolute Gasteiger partial charge is 0.405 e. The summed E-state index contributed by atoms with van der Waals surface area (Å²) in [5, 5.41) is 13.3. The summed E-state index contributed by atoms with van der Waals surface area (Å²) < 4.78 is 13.0. The highest BCUT2D eigenvalue weighted by atomic mass is 28.4. The summed E-state index contributed by atoms with van der Waals surface area (Å²) >= 11 is 0. The van der Waals surface area contributed by atoms with Gasteiger partial charge in [-0.25, -0.2) is 0 Å². The van der Waals surface area contributed by atoms with Gasteiger partial charge in [-0.15, -0.1) is 0 Å². The molecule has 3 atom stereocenters. The van der Waals surface area contributed by atoms with Gasteiger partial charge >= 0.3 is 0 Å². The Morgan fingerprint density at radius 1 is 0.806 bits per heavy atom. The molecule has 3 rings (SSSR count). The molecule has 0 aliphatic rings. The van der Waals surface area contributed by atoms with Crippen molar-refractivity contribution in [2.75, 3.05) is 0 Å². The van der Waals surface area contributed by atoms with Crippen molar-refractivity contribution in [1.82, 2.24) is 0 Å². The van der Waals surface area contributed by atoms with Crippen molar-refractivity contribution in [3.8, 4) is 0 Å². The van der Waals surface area contributed by atoms with Crippen LogP contribution >= 0.6 is 0 Å². The van der Waals surface area contributed by atoms with Crippen molar-refractivity contribution in [1.29, 1.82) is 0 Å². The molecular formula is C32H42O3Si. The van der Waals surface area contributed by atoms with E-state index in [1.54, 1.807) is 0 Å². The van der Waals surface area contributed by atoms with Gasteiger partial charge in [0.1, 0.15) is 0 Å². The van der Waals surface area contributed by atoms with Crippen molar-refractivity contribution in [3.05, 3.63) is 109 Å². The average molecular weight is 503 g/mol. The third-order valence-corrected chi connectivity index (χ3v) is 11.7. The van der Waals surface area contributed by atoms with E-state index in [4.69, 9.17) is 9.16 Å². The monoisotopic (exact) mass is 502 g/mol. The second-order valence-electron chi connectivity index (χ2n) is 10.6. The van der Waals surface area contributed by atoms with Gasteiger partial charge in [-0.1, -0.05) is 124 Å². The summed E-state index contributed by atoms with van der Waals surface area (Å²) in [4.78, 5) is 0. The van der Waals surface area contributed by atoms with E-state index in [-0.39, 0.29) is 17.2 Å². The minimum Gasteiger partial charge on any atom is -0.405 e. The predicted molar refractivity (Wildman–Crippen MR) is 153 cm³/mol. The maximum absolute atomic E-state index is 10.8. The molecule has 1 N–H and O–H groups in total. The van der Waals surface area contributed by atoms with Crippen LogP contribution in [0.2, 0.25) is 5.04 Å². The van der Waals surface area contributed by atoms with E-state index >= 15 is 0 Å². The highest BCUT2D eigenvalue weighted by molar-refractivity contribution is 6.99. The SMILES string of the molecule is C[C@H](/C=C\C[C@H](O)C[C@H](C)O[Si](c1ccccc1)(c1ccccc1)C(C)(C)C)OCc1ccccc1. The lowest BCUT2D eigenvalue weighted by molar-refractivity contribution is 0.0826. The fourth-order valence-electron chi connectivity index (χ4n) is 4.81. The van der Waals surface area contributed by atoms with Crippen LogP contribution in [0.25, 0.3) is 0 Å². The highest BCUT2D eigenvalue weighted by Crippen LogP contribution is 2.38. The number of hydrogen-bond acceptors (Lipinski definition) is 3. The molecule has 0 radical (unpaired) electrons. The lowest BCUT2D eigenvalue weighted by atomic mass is 10.1. The third-order valence-electron chi connectivity index (χ3n) is 6.57. The molecule has 0 unspecified atom stereocenters. The van der Waals surface area contributed by atoms with E-state index in [2.05, 4.69) is 100 Å². The van der Waals surface area contributed by atoms with E-state index in [9.17, 15) is 5.11 Å². The molecule has 0 aliphatic heterocycles. The first-order chi connectivity index (χ1) is 17.2. The molecule has 3 aromatic carbocycles. The molecule has 0 amide bonds. The summed E-state index contributed by atoms with van der Waals surface area (Å²) in [7, 11) is -2.62. The summed E-state index contributed by atoms with van der Waals surface area (Å²) in [5.41, 5.74) is 1.16. The van der Waals surface area contributed by atoms with Crippen molar-refractivity contribution in [2.24, 2.45) is 0 Å². The molecule has 3 aromatic rings. The number of hydrogen-bond donors (Lipinski definition) is 1. The second-order valence-corrected chi connectivity index (χ2v) is 14.9. The van der Waals surface area contributed by atoms with Crippen LogP contribution in [0.15, 0.2) is 103 Å². The van der Waals surface area contributed by atoms with Gasteiger partial charge in [0.2, 0.25) is 0 Å². The van der Waals surface area contributed by atoms with Gasteiger partial charge in [-0.3, -0.25) is 0 Å². The fraction of sp³-hybridized carbons (Fsp3) is 0.375. The topological polar surface area (TPSA) is 38.7 Å². The van der Waals surface area contributed by atoms with Crippen LogP contribution in [-0.2, 0) is 15.8 Å². The van der Waals surface area contributed by atoms with Gasteiger partial charge in [0.25, 0.3) is 8.32 Å². The first-order valence-corrected chi connectivity index (χ1v) is 14.9. The lowest BCUT2D eigenvalue weighted by Gasteiger charge is -2.45. The Kier molecular flexibility index (Phi) is 10.3. The Bertz CT molecular complexity index is 1010. The van der Waals surface area contributed by atoms with Gasteiger partial charge < -0.3 is 14.3 Å². The standard InChI is InChI=1S/C32H42O3Si/c1-26(34-25-28-17-9-6-10-18-28)16-15-19-29(33)24-27(2)35-36(32(3,4)5,30-20-11-7-12-21-30)31-22-13-8-14-23-31/h6-18,20-23,26-27,29,33H,19,24-25H2,1-5H3/b16-15-/t26-,27+,29+/m1/s1. The van der Waals surface area contributed by atoms with Gasteiger partial charge in [-0.05, 0) is 47.7 Å². The number of aliphatic hydroxyl groups is 1. The highest BCUT2D eigenvalue weighted by Gasteiger charge is 2.51. The van der Waals surface area contributed by atoms with Crippen molar-refractivity contribution >= 4 is 18.7 Å². The van der Waals surface area contributed by atoms with Gasteiger partial charge in [0.05, 0.1) is 18.8 Å². The number of aliphatic hydroxyl groups excluding tert-OH is 1. The van der Waals surface area contributed by atoms with Crippen LogP contribution in [0.5, 0.6) is 0 Å². The van der Waals surface area contributed by atoms with Crippen LogP contribution in [0.4, 0.5) is 0 Å². The zero-order valence-corrected chi connectivity index (χ0v) is 23.4. The molecule has 0 spiro atoms. The number of ether oxygens (including phenoxy) is 1. The van der Waals surface area contributed by atoms with Crippen LogP contribution in [-0.4, -0.2) is 31.7 Å². The second kappa shape index (κ2) is 13.2. The van der Waals surface area contributed by atoms with Gasteiger partial charge in [0, 0.05) is 6.10 Å². The van der Waals surface area contributed by atoms with Crippen LogP contribution in [0.3, 0.4) is 0 Å². The van der Waals surface area contributed by atoms with Crippen LogP contribution in [0, 0.1) is 0 Å². The van der Waals surface area contributed by atoms with Crippen molar-refractivity contribution in [3.63, 3.8) is 0 Å². The minimum atomic E-state index is -2.62. The van der Waals surface area contributed by atoms with E-state index < -0.39 is 14.4 Å². The Balaban J connectivity index is 1.65. The summed E-state index contributed by atoms with van der Waals surface area (Å²) in [6, 6.07) is 31.5. The maximum Gasteiger partial charge on any atom is 0.261 e. The molecule has 0 aliphatic carbocycles. The van der Waals surface area contributed by atoms with Crippen molar-refractivity contribution in [2.45, 2.75) is 77.4 Å². The zero-order valence-electron chi connectivity index (χ0n) is 22.4. The molecule has 4 heteroatoms. The first kappa shape index (κ1) is 28.1. The average Bonchev–Trinajstić information content (AvgIpc) is 2.87. The first-order valence-electron chi connectivity index (χ1n) is 13.0. The third kappa shape index (κ3) is 7.50. The predicted octanol–water partition coefficient (Wildman–Crippen LogP) is 6.25. The molecule has 0 saturated carbocycles. The molecule has 0 aromatic heterocycles. The lowest BCUT2D eigenvalue weighted by Crippen LogP contribution is -2.67. The maximum atomic E-state index is 10.8. The van der Waals surface area contributed by atoms with Crippen LogP contribution in [0.1, 0.15) is 53.0 Å². The van der Waals surface area contributed by atoms with Gasteiger partial charge in [-0.2, -0.15) is 0 Å². The molecule has 36 heavy (non-hydrogen) atoms. The van der Waals surface area contributed by atoms with E-state index in [0.717, 1.165) is 5.56 Å². The molecule has 0 heterocycles. The number of rotatable bonds is 12. The Morgan fingerprint density at radius 2 is 1.31 bits per heavy atom. The summed E-state index contributed by atoms with van der Waals surface area (Å²) in [6.45, 7) is 11.5. The Labute approximate surface area is 218 Å². The van der Waals surface area contributed by atoms with E-state index in [1.165, 1.54) is 10.4 Å². The van der Waals surface area contributed by atoms with E-state index in [1.807, 2.05) is 37.3 Å². The Hall–Kier alpha value is -2.50. The molecular weight excluding hydrogens is 460 g/mol. The normalized spacial score (nSPS) is 15.1. The molecule has 3 nitrogen and oxygen atoms in total. The zero-order chi connectivity index (χ0) is 26.0. The molecule has 0 bridgehead atoms. The summed E-state index contributed by atoms with van der Waals surface area (Å²) in [6.07, 6.45) is 4.63.